The van der Waals surface area contributed by atoms with Crippen molar-refractivity contribution in [3.8, 4) is 0 Å². The van der Waals surface area contributed by atoms with Crippen molar-refractivity contribution in [3.63, 3.8) is 0 Å². The van der Waals surface area contributed by atoms with E-state index in [1.807, 2.05) is 97.1 Å². The van der Waals surface area contributed by atoms with Crippen molar-refractivity contribution in [3.05, 3.63) is 121 Å². The van der Waals surface area contributed by atoms with Gasteiger partial charge in [-0.3, -0.25) is 0 Å². The molecule has 0 spiro atoms. The van der Waals surface area contributed by atoms with Gasteiger partial charge in [0.25, 0.3) is 0 Å². The summed E-state index contributed by atoms with van der Waals surface area (Å²) in [5.41, 5.74) is 18.4. The minimum atomic E-state index is 0.686. The van der Waals surface area contributed by atoms with Crippen LogP contribution in [-0.4, -0.2) is 0 Å². The summed E-state index contributed by atoms with van der Waals surface area (Å²) in [5.74, 6) is 0. The van der Waals surface area contributed by atoms with Crippen LogP contribution in [0.25, 0.3) is 0 Å². The zero-order chi connectivity index (χ0) is 27.6. The Hall–Kier alpha value is -5.90. The third-order valence-electron chi connectivity index (χ3n) is 5.46. The standard InChI is InChI=1S/C30H24N10/c31-21-1-5-23(6-2-21)33-35-25-9-13-27(14-10-25)37-39-29-17-19-30(20-18-29)40-38-28-15-11-26(12-16-28)36-34-24-7-3-22(32)4-8-24/h1-20H,31-32H2. The molecule has 0 heterocycles. The van der Waals surface area contributed by atoms with Gasteiger partial charge >= 0.3 is 0 Å². The van der Waals surface area contributed by atoms with Crippen molar-refractivity contribution in [1.29, 1.82) is 0 Å². The maximum Gasteiger partial charge on any atom is 0.0858 e. The highest BCUT2D eigenvalue weighted by Gasteiger charge is 1.97. The Morgan fingerprint density at radius 2 is 0.350 bits per heavy atom. The van der Waals surface area contributed by atoms with E-state index in [2.05, 4.69) is 40.9 Å². The minimum absolute atomic E-state index is 0.686. The van der Waals surface area contributed by atoms with E-state index in [-0.39, 0.29) is 0 Å². The van der Waals surface area contributed by atoms with Crippen LogP contribution in [0.15, 0.2) is 162 Å². The number of benzene rings is 5. The Morgan fingerprint density at radius 3 is 0.500 bits per heavy atom. The van der Waals surface area contributed by atoms with Crippen LogP contribution < -0.4 is 11.5 Å². The van der Waals surface area contributed by atoms with E-state index < -0.39 is 0 Å². The van der Waals surface area contributed by atoms with E-state index in [0.717, 1.165) is 11.4 Å². The van der Waals surface area contributed by atoms with E-state index in [4.69, 9.17) is 11.5 Å². The number of nitrogen functional groups attached to an aromatic ring is 2. The second-order valence-corrected chi connectivity index (χ2v) is 8.53. The molecule has 40 heavy (non-hydrogen) atoms. The molecule has 5 aromatic carbocycles. The third-order valence-corrected chi connectivity index (χ3v) is 5.46. The van der Waals surface area contributed by atoms with Crippen molar-refractivity contribution in [1.82, 2.24) is 0 Å². The summed E-state index contributed by atoms with van der Waals surface area (Å²) >= 11 is 0. The summed E-state index contributed by atoms with van der Waals surface area (Å²) in [7, 11) is 0. The molecule has 10 heteroatoms. The molecular weight excluding hydrogens is 500 g/mol. The molecule has 0 aliphatic carbocycles. The first-order valence-corrected chi connectivity index (χ1v) is 12.3. The molecule has 0 unspecified atom stereocenters. The highest BCUT2D eigenvalue weighted by Crippen LogP contribution is 2.27. The van der Waals surface area contributed by atoms with Gasteiger partial charge < -0.3 is 11.5 Å². The van der Waals surface area contributed by atoms with Gasteiger partial charge in [-0.2, -0.15) is 40.9 Å². The van der Waals surface area contributed by atoms with Crippen LogP contribution in [0.3, 0.4) is 0 Å². The first-order chi connectivity index (χ1) is 19.6. The molecule has 0 aliphatic heterocycles. The highest BCUT2D eigenvalue weighted by molar-refractivity contribution is 5.52. The van der Waals surface area contributed by atoms with E-state index in [9.17, 15) is 0 Å². The number of nitrogens with two attached hydrogens (primary N) is 2. The average molecular weight is 525 g/mol. The largest absolute Gasteiger partial charge is 0.399 e. The fourth-order valence-electron chi connectivity index (χ4n) is 3.30. The van der Waals surface area contributed by atoms with Crippen molar-refractivity contribution >= 4 is 56.9 Å². The fraction of sp³-hybridized carbons (Fsp3) is 0. The summed E-state index contributed by atoms with van der Waals surface area (Å²) < 4.78 is 0. The predicted molar refractivity (Wildman–Crippen MR) is 158 cm³/mol. The van der Waals surface area contributed by atoms with Crippen LogP contribution in [0.4, 0.5) is 56.9 Å². The van der Waals surface area contributed by atoms with Gasteiger partial charge in [-0.05, 0) is 121 Å². The summed E-state index contributed by atoms with van der Waals surface area (Å²) in [5, 5.41) is 34.0. The predicted octanol–water partition coefficient (Wildman–Crippen LogP) is 10.5. The lowest BCUT2D eigenvalue weighted by Gasteiger charge is -1.97. The monoisotopic (exact) mass is 524 g/mol. The summed E-state index contributed by atoms with van der Waals surface area (Å²) in [6.07, 6.45) is 0. The van der Waals surface area contributed by atoms with Gasteiger partial charge in [0.2, 0.25) is 0 Å². The van der Waals surface area contributed by atoms with Crippen molar-refractivity contribution in [2.75, 3.05) is 11.5 Å². The first kappa shape index (κ1) is 25.7. The molecule has 5 rings (SSSR count). The topological polar surface area (TPSA) is 151 Å². The SMILES string of the molecule is Nc1ccc(N=Nc2ccc(N=Nc3ccc(N=Nc4ccc(N=Nc5ccc(N)cc5)cc4)cc3)cc2)cc1. The second kappa shape index (κ2) is 12.6. The van der Waals surface area contributed by atoms with Gasteiger partial charge in [-0.1, -0.05) is 0 Å². The molecule has 0 amide bonds. The van der Waals surface area contributed by atoms with Crippen LogP contribution in [0, 0.1) is 0 Å². The van der Waals surface area contributed by atoms with Crippen LogP contribution in [0.2, 0.25) is 0 Å². The van der Waals surface area contributed by atoms with Crippen molar-refractivity contribution < 1.29 is 0 Å². The molecule has 4 N–H and O–H groups in total. The zero-order valence-electron chi connectivity index (χ0n) is 21.3. The molecule has 5 aromatic rings. The lowest BCUT2D eigenvalue weighted by atomic mass is 10.3. The molecule has 0 bridgehead atoms. The number of hydrogen-bond acceptors (Lipinski definition) is 10. The van der Waals surface area contributed by atoms with Gasteiger partial charge in [-0.25, -0.2) is 0 Å². The first-order valence-electron chi connectivity index (χ1n) is 12.3. The van der Waals surface area contributed by atoms with Gasteiger partial charge in [-0.15, -0.1) is 0 Å². The van der Waals surface area contributed by atoms with Crippen LogP contribution in [0.1, 0.15) is 0 Å². The third kappa shape index (κ3) is 7.56. The number of nitrogens with zero attached hydrogens (tertiary/aromatic N) is 8. The lowest BCUT2D eigenvalue weighted by Crippen LogP contribution is -1.80. The number of azo groups is 4. The van der Waals surface area contributed by atoms with Crippen LogP contribution in [0.5, 0.6) is 0 Å². The van der Waals surface area contributed by atoms with Crippen molar-refractivity contribution in [2.45, 2.75) is 0 Å². The average Bonchev–Trinajstić information content (AvgIpc) is 3.00. The van der Waals surface area contributed by atoms with Gasteiger partial charge in [0.1, 0.15) is 0 Å². The number of rotatable bonds is 8. The van der Waals surface area contributed by atoms with Crippen LogP contribution in [-0.2, 0) is 0 Å². The Labute approximate surface area is 230 Å². The normalized spacial score (nSPS) is 11.8. The number of anilines is 2. The maximum atomic E-state index is 5.68. The Balaban J connectivity index is 1.14. The van der Waals surface area contributed by atoms with Gasteiger partial charge in [0, 0.05) is 11.4 Å². The second-order valence-electron chi connectivity index (χ2n) is 8.53. The van der Waals surface area contributed by atoms with E-state index in [1.165, 1.54) is 0 Å². The molecule has 0 aliphatic rings. The van der Waals surface area contributed by atoms with Crippen molar-refractivity contribution in [2.24, 2.45) is 40.9 Å². The van der Waals surface area contributed by atoms with E-state index >= 15 is 0 Å². The molecule has 0 radical (unpaired) electrons. The quantitative estimate of drug-likeness (QED) is 0.153. The smallest absolute Gasteiger partial charge is 0.0858 e. The summed E-state index contributed by atoms with van der Waals surface area (Å²) in [6.45, 7) is 0. The molecule has 0 fully saturated rings. The minimum Gasteiger partial charge on any atom is -0.399 e. The maximum absolute atomic E-state index is 5.68. The van der Waals surface area contributed by atoms with E-state index in [1.54, 1.807) is 24.3 Å². The van der Waals surface area contributed by atoms with Gasteiger partial charge in [0.15, 0.2) is 0 Å². The summed E-state index contributed by atoms with van der Waals surface area (Å²) in [4.78, 5) is 0. The fourth-order valence-corrected chi connectivity index (χ4v) is 3.30. The molecule has 194 valence electrons. The van der Waals surface area contributed by atoms with Gasteiger partial charge in [0.05, 0.1) is 45.5 Å². The zero-order valence-corrected chi connectivity index (χ0v) is 21.3. The highest BCUT2D eigenvalue weighted by atomic mass is 15.1. The van der Waals surface area contributed by atoms with E-state index in [0.29, 0.717) is 45.5 Å². The summed E-state index contributed by atoms with van der Waals surface area (Å²) in [6, 6.07) is 36.3. The Morgan fingerprint density at radius 1 is 0.225 bits per heavy atom. The molecule has 10 nitrogen and oxygen atoms in total. The van der Waals surface area contributed by atoms with Crippen LogP contribution >= 0.6 is 0 Å². The Bertz CT molecular complexity index is 1530. The lowest BCUT2D eigenvalue weighted by molar-refractivity contribution is 1.20. The number of hydrogen-bond donors (Lipinski definition) is 2. The molecule has 0 aromatic heterocycles. The molecule has 0 saturated heterocycles. The molecule has 0 saturated carbocycles. The molecular formula is C30H24N10. The molecule has 0 atom stereocenters. The Kier molecular flexibility index (Phi) is 8.08.